The van der Waals surface area contributed by atoms with E-state index in [1.165, 1.54) is 23.5 Å². The predicted molar refractivity (Wildman–Crippen MR) is 175 cm³/mol. The molecule has 12 heteroatoms. The molecule has 0 N–H and O–H groups in total. The van der Waals surface area contributed by atoms with Crippen LogP contribution in [0.2, 0.25) is 5.02 Å². The number of amides is 1. The lowest BCUT2D eigenvalue weighted by atomic mass is 9.94. The summed E-state index contributed by atoms with van der Waals surface area (Å²) in [6.07, 6.45) is 1.75. The first kappa shape index (κ1) is 31.4. The molecule has 1 aliphatic rings. The van der Waals surface area contributed by atoms with E-state index in [9.17, 15) is 19.7 Å². The van der Waals surface area contributed by atoms with Crippen molar-refractivity contribution in [2.75, 3.05) is 13.1 Å². The normalized spacial score (nSPS) is 14.7. The number of nitro benzene ring substituents is 1. The van der Waals surface area contributed by atoms with E-state index < -0.39 is 11.0 Å². The number of nitrogens with zero attached hydrogens (tertiary/aromatic N) is 4. The zero-order chi connectivity index (χ0) is 31.5. The highest BCUT2D eigenvalue weighted by Gasteiger charge is 2.34. The first-order chi connectivity index (χ1) is 21.1. The molecule has 226 valence electrons. The highest BCUT2D eigenvalue weighted by Crippen LogP contribution is 2.32. The fourth-order valence-electron chi connectivity index (χ4n) is 5.02. The number of carbonyl (C=O) groups is 1. The number of non-ortho nitro benzene ring substituents is 1. The number of hydrogen-bond donors (Lipinski definition) is 0. The van der Waals surface area contributed by atoms with E-state index in [1.807, 2.05) is 38.1 Å². The quantitative estimate of drug-likeness (QED) is 0.158. The fraction of sp³-hybridized carbons (Fsp3) is 0.219. The molecule has 0 aliphatic carbocycles. The number of aromatic nitrogens is 1. The Labute approximate surface area is 270 Å². The van der Waals surface area contributed by atoms with Gasteiger partial charge in [-0.05, 0) is 80.4 Å². The third-order valence-electron chi connectivity index (χ3n) is 7.29. The minimum Gasteiger partial charge on any atom is -0.488 e. The zero-order valence-corrected chi connectivity index (χ0v) is 27.3. The number of likely N-dealkylation sites (N-methyl/N-ethyl adjacent to an activating group) is 1. The molecule has 0 fully saturated rings. The number of halogens is 2. The van der Waals surface area contributed by atoms with E-state index in [0.29, 0.717) is 50.0 Å². The molecule has 4 aromatic rings. The van der Waals surface area contributed by atoms with Crippen molar-refractivity contribution in [3.05, 3.63) is 134 Å². The van der Waals surface area contributed by atoms with Crippen LogP contribution in [0, 0.1) is 10.1 Å². The van der Waals surface area contributed by atoms with Gasteiger partial charge in [-0.1, -0.05) is 51.0 Å². The summed E-state index contributed by atoms with van der Waals surface area (Å²) in [4.78, 5) is 45.4. The van der Waals surface area contributed by atoms with Crippen molar-refractivity contribution in [2.45, 2.75) is 33.4 Å². The molecule has 0 radical (unpaired) electrons. The average molecular weight is 696 g/mol. The summed E-state index contributed by atoms with van der Waals surface area (Å²) in [5.74, 6) is 0.361. The van der Waals surface area contributed by atoms with Crippen molar-refractivity contribution in [3.63, 3.8) is 0 Å². The Kier molecular flexibility index (Phi) is 9.48. The van der Waals surface area contributed by atoms with Gasteiger partial charge in [0.05, 0.1) is 26.8 Å². The molecule has 9 nitrogen and oxygen atoms in total. The van der Waals surface area contributed by atoms with Gasteiger partial charge in [-0.25, -0.2) is 4.99 Å². The van der Waals surface area contributed by atoms with Crippen LogP contribution in [0.15, 0.2) is 92.3 Å². The summed E-state index contributed by atoms with van der Waals surface area (Å²) in [5.41, 5.74) is 2.89. The standard InChI is InChI=1S/C32H28BrClN4O5S/c1-4-36(5-2)31(40)28-19(3)35-32-37(29(28)21-8-11-24(34)12-9-21)30(39)27(44-32)17-22-16-23(33)10-15-26(22)43-18-20-6-13-25(14-7-20)38(41)42/h6-17,29H,4-5,18H2,1-3H3/b27-17+/t29-/m0/s1. The maximum absolute atomic E-state index is 14.1. The molecule has 1 aliphatic heterocycles. The summed E-state index contributed by atoms with van der Waals surface area (Å²) in [5, 5.41) is 11.5. The largest absolute Gasteiger partial charge is 0.488 e. The highest BCUT2D eigenvalue weighted by molar-refractivity contribution is 9.10. The lowest BCUT2D eigenvalue weighted by Gasteiger charge is -2.29. The van der Waals surface area contributed by atoms with E-state index in [2.05, 4.69) is 15.9 Å². The van der Waals surface area contributed by atoms with Crippen molar-refractivity contribution in [3.8, 4) is 5.75 Å². The fourth-order valence-corrected chi connectivity index (χ4v) is 6.56. The Morgan fingerprint density at radius 3 is 2.45 bits per heavy atom. The Bertz CT molecular complexity index is 1950. The van der Waals surface area contributed by atoms with E-state index in [0.717, 1.165) is 15.6 Å². The Balaban J connectivity index is 1.59. The van der Waals surface area contributed by atoms with E-state index >= 15 is 0 Å². The van der Waals surface area contributed by atoms with Crippen LogP contribution in [0.3, 0.4) is 0 Å². The molecular weight excluding hydrogens is 668 g/mol. The number of fused-ring (bicyclic) bond motifs is 1. The molecule has 2 heterocycles. The van der Waals surface area contributed by atoms with E-state index in [1.54, 1.807) is 52.8 Å². The SMILES string of the molecule is CCN(CC)C(=O)C1=C(C)N=c2s/c(=C/c3cc(Br)ccc3OCc3ccc([N+](=O)[O-])cc3)c(=O)n2[C@H]1c1ccc(Cl)cc1. The minimum absolute atomic E-state index is 0.00236. The van der Waals surface area contributed by atoms with Gasteiger partial charge < -0.3 is 9.64 Å². The second-order valence-corrected chi connectivity index (χ2v) is 12.4. The molecule has 0 saturated carbocycles. The van der Waals surface area contributed by atoms with E-state index in [4.69, 9.17) is 21.3 Å². The second-order valence-electron chi connectivity index (χ2n) is 10.0. The summed E-state index contributed by atoms with van der Waals surface area (Å²) >= 11 is 10.9. The van der Waals surface area contributed by atoms with Crippen LogP contribution < -0.4 is 19.6 Å². The molecule has 3 aromatic carbocycles. The summed E-state index contributed by atoms with van der Waals surface area (Å²) < 4.78 is 8.89. The molecule has 0 spiro atoms. The molecule has 0 saturated heterocycles. The Hall–Kier alpha value is -4.06. The van der Waals surface area contributed by atoms with Gasteiger partial charge in [0.2, 0.25) is 0 Å². The van der Waals surface area contributed by atoms with Gasteiger partial charge in [-0.15, -0.1) is 0 Å². The van der Waals surface area contributed by atoms with E-state index in [-0.39, 0.29) is 23.8 Å². The molecule has 0 unspecified atom stereocenters. The molecule has 0 bridgehead atoms. The smallest absolute Gasteiger partial charge is 0.271 e. The number of ether oxygens (including phenoxy) is 1. The van der Waals surface area contributed by atoms with Gasteiger partial charge in [-0.2, -0.15) is 0 Å². The van der Waals surface area contributed by atoms with Gasteiger partial charge >= 0.3 is 0 Å². The van der Waals surface area contributed by atoms with Crippen LogP contribution >= 0.6 is 38.9 Å². The zero-order valence-electron chi connectivity index (χ0n) is 24.1. The molecule has 5 rings (SSSR count). The number of hydrogen-bond acceptors (Lipinski definition) is 7. The van der Waals surface area contributed by atoms with Crippen LogP contribution in [0.5, 0.6) is 5.75 Å². The molecular formula is C32H28BrClN4O5S. The van der Waals surface area contributed by atoms with Gasteiger partial charge in [0.1, 0.15) is 12.4 Å². The van der Waals surface area contributed by atoms with Crippen molar-refractivity contribution >= 4 is 56.5 Å². The minimum atomic E-state index is -0.681. The summed E-state index contributed by atoms with van der Waals surface area (Å²) in [6.45, 7) is 6.86. The number of allylic oxidation sites excluding steroid dienone is 1. The lowest BCUT2D eigenvalue weighted by Crippen LogP contribution is -2.43. The lowest BCUT2D eigenvalue weighted by molar-refractivity contribution is -0.384. The summed E-state index contributed by atoms with van der Waals surface area (Å²) in [7, 11) is 0. The van der Waals surface area contributed by atoms with Crippen LogP contribution in [-0.2, 0) is 11.4 Å². The van der Waals surface area contributed by atoms with Gasteiger partial charge in [-0.3, -0.25) is 24.3 Å². The highest BCUT2D eigenvalue weighted by atomic mass is 79.9. The maximum atomic E-state index is 14.1. The molecule has 1 atom stereocenters. The Morgan fingerprint density at radius 1 is 1.14 bits per heavy atom. The Morgan fingerprint density at radius 2 is 1.82 bits per heavy atom. The van der Waals surface area contributed by atoms with Gasteiger partial charge in [0.25, 0.3) is 17.2 Å². The first-order valence-electron chi connectivity index (χ1n) is 13.8. The molecule has 1 amide bonds. The maximum Gasteiger partial charge on any atom is 0.271 e. The van der Waals surface area contributed by atoms with Crippen molar-refractivity contribution < 1.29 is 14.5 Å². The third-order valence-corrected chi connectivity index (χ3v) is 9.02. The summed E-state index contributed by atoms with van der Waals surface area (Å²) in [6, 6.07) is 18.1. The van der Waals surface area contributed by atoms with Crippen molar-refractivity contribution in [2.24, 2.45) is 4.99 Å². The number of nitro groups is 1. The number of thiazole rings is 1. The van der Waals surface area contributed by atoms with Crippen molar-refractivity contribution in [1.29, 1.82) is 0 Å². The number of rotatable bonds is 9. The van der Waals surface area contributed by atoms with Crippen molar-refractivity contribution in [1.82, 2.24) is 9.47 Å². The van der Waals surface area contributed by atoms with Gasteiger partial charge in [0, 0.05) is 40.3 Å². The molecule has 1 aromatic heterocycles. The van der Waals surface area contributed by atoms with Crippen LogP contribution in [0.25, 0.3) is 6.08 Å². The second kappa shape index (κ2) is 13.3. The predicted octanol–water partition coefficient (Wildman–Crippen LogP) is 6.01. The number of carbonyl (C=O) groups excluding carboxylic acids is 1. The van der Waals surface area contributed by atoms with Crippen LogP contribution in [-0.4, -0.2) is 33.4 Å². The first-order valence-corrected chi connectivity index (χ1v) is 15.8. The third kappa shape index (κ3) is 6.40. The topological polar surface area (TPSA) is 107 Å². The van der Waals surface area contributed by atoms with Gasteiger partial charge in [0.15, 0.2) is 4.80 Å². The molecule has 44 heavy (non-hydrogen) atoms. The average Bonchev–Trinajstić information content (AvgIpc) is 3.31. The van der Waals surface area contributed by atoms with Crippen LogP contribution in [0.1, 0.15) is 43.5 Å². The van der Waals surface area contributed by atoms with Crippen LogP contribution in [0.4, 0.5) is 5.69 Å². The number of benzene rings is 3. The monoisotopic (exact) mass is 694 g/mol.